The zero-order valence-corrected chi connectivity index (χ0v) is 17.5. The van der Waals surface area contributed by atoms with E-state index in [0.717, 1.165) is 35.6 Å². The summed E-state index contributed by atoms with van der Waals surface area (Å²) in [4.78, 5) is 12.0. The second-order valence-electron chi connectivity index (χ2n) is 8.13. The average molecular weight is 396 g/mol. The van der Waals surface area contributed by atoms with E-state index >= 15 is 0 Å². The third-order valence-electron chi connectivity index (χ3n) is 4.67. The van der Waals surface area contributed by atoms with Crippen molar-refractivity contribution in [1.29, 1.82) is 0 Å². The van der Waals surface area contributed by atoms with Gasteiger partial charge >= 0.3 is 0 Å². The number of ether oxygens (including phenoxy) is 3. The van der Waals surface area contributed by atoms with Crippen LogP contribution in [0, 0.1) is 0 Å². The number of benzene rings is 2. The summed E-state index contributed by atoms with van der Waals surface area (Å²) in [5.41, 5.74) is 5.83. The summed E-state index contributed by atoms with van der Waals surface area (Å²) in [7, 11) is 0. The van der Waals surface area contributed by atoms with Crippen molar-refractivity contribution in [2.24, 2.45) is 5.10 Å². The van der Waals surface area contributed by atoms with E-state index < -0.39 is 0 Å². The molecule has 0 radical (unpaired) electrons. The highest BCUT2D eigenvalue weighted by atomic mass is 16.7. The van der Waals surface area contributed by atoms with E-state index in [1.54, 1.807) is 0 Å². The molecule has 0 atom stereocenters. The fourth-order valence-electron chi connectivity index (χ4n) is 2.87. The molecule has 1 amide bonds. The number of carbonyl (C=O) groups is 1. The number of rotatable bonds is 7. The lowest BCUT2D eigenvalue weighted by Gasteiger charge is -2.19. The Morgan fingerprint density at radius 1 is 1.10 bits per heavy atom. The lowest BCUT2D eigenvalue weighted by molar-refractivity contribution is -0.123. The maximum Gasteiger partial charge on any atom is 0.277 e. The number of nitrogens with one attached hydrogen (secondary N) is 1. The van der Waals surface area contributed by atoms with Crippen molar-refractivity contribution in [2.75, 3.05) is 13.4 Å². The molecule has 0 fully saturated rings. The smallest absolute Gasteiger partial charge is 0.277 e. The normalized spacial score (nSPS) is 13.3. The van der Waals surface area contributed by atoms with Gasteiger partial charge in [-0.25, -0.2) is 5.43 Å². The van der Waals surface area contributed by atoms with Crippen LogP contribution >= 0.6 is 0 Å². The molecule has 3 rings (SSSR count). The SMILES string of the molecule is C/C(CCc1ccc2c(c1)OCO2)=N\NC(=O)COc1ccc(C(C)(C)C)cc1. The molecule has 0 saturated heterocycles. The van der Waals surface area contributed by atoms with Crippen LogP contribution in [-0.2, 0) is 16.6 Å². The molecule has 1 aliphatic rings. The third kappa shape index (κ3) is 5.98. The molecule has 2 aromatic carbocycles. The zero-order valence-electron chi connectivity index (χ0n) is 17.5. The van der Waals surface area contributed by atoms with Crippen LogP contribution in [-0.4, -0.2) is 25.0 Å². The van der Waals surface area contributed by atoms with E-state index in [-0.39, 0.29) is 24.7 Å². The minimum absolute atomic E-state index is 0.0756. The summed E-state index contributed by atoms with van der Waals surface area (Å²) in [5, 5.41) is 4.15. The summed E-state index contributed by atoms with van der Waals surface area (Å²) in [5.74, 6) is 1.93. The van der Waals surface area contributed by atoms with Crippen molar-refractivity contribution >= 4 is 11.6 Å². The Hall–Kier alpha value is -3.02. The van der Waals surface area contributed by atoms with Crippen molar-refractivity contribution < 1.29 is 19.0 Å². The van der Waals surface area contributed by atoms with Crippen LogP contribution < -0.4 is 19.6 Å². The topological polar surface area (TPSA) is 69.2 Å². The lowest BCUT2D eigenvalue weighted by Crippen LogP contribution is -2.25. The van der Waals surface area contributed by atoms with Gasteiger partial charge in [0.05, 0.1) is 0 Å². The van der Waals surface area contributed by atoms with Gasteiger partial charge in [0.1, 0.15) is 5.75 Å². The molecule has 6 nitrogen and oxygen atoms in total. The van der Waals surface area contributed by atoms with Crippen LogP contribution in [0.4, 0.5) is 0 Å². The average Bonchev–Trinajstić information content (AvgIpc) is 3.16. The van der Waals surface area contributed by atoms with Crippen molar-refractivity contribution in [1.82, 2.24) is 5.43 Å². The third-order valence-corrected chi connectivity index (χ3v) is 4.67. The van der Waals surface area contributed by atoms with E-state index in [4.69, 9.17) is 14.2 Å². The van der Waals surface area contributed by atoms with Crippen LogP contribution in [0.1, 0.15) is 45.2 Å². The van der Waals surface area contributed by atoms with E-state index in [0.29, 0.717) is 5.75 Å². The first-order chi connectivity index (χ1) is 13.8. The second-order valence-corrected chi connectivity index (χ2v) is 8.13. The van der Waals surface area contributed by atoms with Gasteiger partial charge < -0.3 is 14.2 Å². The predicted octanol–water partition coefficient (Wildman–Crippen LogP) is 4.22. The number of hydrogen-bond acceptors (Lipinski definition) is 5. The Morgan fingerprint density at radius 2 is 1.83 bits per heavy atom. The Labute approximate surface area is 171 Å². The summed E-state index contributed by atoms with van der Waals surface area (Å²) in [6.45, 7) is 8.55. The summed E-state index contributed by atoms with van der Waals surface area (Å²) >= 11 is 0. The highest BCUT2D eigenvalue weighted by Gasteiger charge is 2.14. The minimum atomic E-state index is -0.285. The first kappa shape index (κ1) is 20.7. The van der Waals surface area contributed by atoms with Gasteiger partial charge in [-0.2, -0.15) is 5.10 Å². The number of nitrogens with zero attached hydrogens (tertiary/aromatic N) is 1. The van der Waals surface area contributed by atoms with E-state index in [1.807, 2.05) is 49.4 Å². The van der Waals surface area contributed by atoms with Gasteiger partial charge in [0.2, 0.25) is 6.79 Å². The fraction of sp³-hybridized carbons (Fsp3) is 0.391. The summed E-state index contributed by atoms with van der Waals surface area (Å²) < 4.78 is 16.2. The maximum atomic E-state index is 12.0. The Morgan fingerprint density at radius 3 is 2.55 bits per heavy atom. The second kappa shape index (κ2) is 8.99. The van der Waals surface area contributed by atoms with E-state index in [2.05, 4.69) is 31.3 Å². The number of fused-ring (bicyclic) bond motifs is 1. The highest BCUT2D eigenvalue weighted by Crippen LogP contribution is 2.32. The molecular weight excluding hydrogens is 368 g/mol. The van der Waals surface area contributed by atoms with Crippen molar-refractivity contribution in [3.05, 3.63) is 53.6 Å². The maximum absolute atomic E-state index is 12.0. The lowest BCUT2D eigenvalue weighted by atomic mass is 9.87. The van der Waals surface area contributed by atoms with E-state index in [1.165, 1.54) is 5.56 Å². The fourth-order valence-corrected chi connectivity index (χ4v) is 2.87. The van der Waals surface area contributed by atoms with Crippen molar-refractivity contribution in [2.45, 2.75) is 46.0 Å². The Balaban J connectivity index is 1.41. The first-order valence-corrected chi connectivity index (χ1v) is 9.75. The van der Waals surface area contributed by atoms with Crippen LogP contribution in [0.25, 0.3) is 0 Å². The molecule has 0 spiro atoms. The van der Waals surface area contributed by atoms with Gasteiger partial charge in [-0.1, -0.05) is 39.0 Å². The van der Waals surface area contributed by atoms with Crippen LogP contribution in [0.3, 0.4) is 0 Å². The Kier molecular flexibility index (Phi) is 6.42. The standard InChI is InChI=1S/C23H28N2O4/c1-16(5-6-17-7-12-20-21(13-17)29-15-28-20)24-25-22(26)14-27-19-10-8-18(9-11-19)23(2,3)4/h7-13H,5-6,14-15H2,1-4H3,(H,25,26)/b24-16+. The number of carbonyl (C=O) groups excluding carboxylic acids is 1. The van der Waals surface area contributed by atoms with Gasteiger partial charge in [0, 0.05) is 5.71 Å². The van der Waals surface area contributed by atoms with Gasteiger partial charge in [-0.05, 0) is 60.6 Å². The zero-order chi connectivity index (χ0) is 20.9. The number of amides is 1. The molecule has 0 unspecified atom stereocenters. The molecule has 0 bridgehead atoms. The largest absolute Gasteiger partial charge is 0.484 e. The van der Waals surface area contributed by atoms with E-state index in [9.17, 15) is 4.79 Å². The monoisotopic (exact) mass is 396 g/mol. The molecule has 6 heteroatoms. The molecule has 1 heterocycles. The summed E-state index contributed by atoms with van der Waals surface area (Å²) in [6.07, 6.45) is 1.54. The Bertz CT molecular complexity index is 883. The van der Waals surface area contributed by atoms with Crippen LogP contribution in [0.5, 0.6) is 17.2 Å². The molecule has 1 N–H and O–H groups in total. The van der Waals surface area contributed by atoms with Crippen LogP contribution in [0.15, 0.2) is 47.6 Å². The highest BCUT2D eigenvalue weighted by molar-refractivity contribution is 5.85. The summed E-state index contributed by atoms with van der Waals surface area (Å²) in [6, 6.07) is 13.7. The predicted molar refractivity (Wildman–Crippen MR) is 113 cm³/mol. The van der Waals surface area contributed by atoms with Gasteiger partial charge in [-0.15, -0.1) is 0 Å². The number of hydrogen-bond donors (Lipinski definition) is 1. The van der Waals surface area contributed by atoms with Gasteiger partial charge in [-0.3, -0.25) is 4.79 Å². The molecule has 29 heavy (non-hydrogen) atoms. The van der Waals surface area contributed by atoms with Crippen molar-refractivity contribution in [3.8, 4) is 17.2 Å². The molecular formula is C23H28N2O4. The number of hydrazone groups is 1. The molecule has 2 aromatic rings. The van der Waals surface area contributed by atoms with Crippen LogP contribution in [0.2, 0.25) is 0 Å². The molecule has 0 aromatic heterocycles. The molecule has 1 aliphatic heterocycles. The molecule has 0 aliphatic carbocycles. The molecule has 154 valence electrons. The van der Waals surface area contributed by atoms with Gasteiger partial charge in [0.15, 0.2) is 18.1 Å². The minimum Gasteiger partial charge on any atom is -0.484 e. The first-order valence-electron chi connectivity index (χ1n) is 9.75. The van der Waals surface area contributed by atoms with Crippen molar-refractivity contribution in [3.63, 3.8) is 0 Å². The number of aryl methyl sites for hydroxylation is 1. The molecule has 0 saturated carbocycles. The quantitative estimate of drug-likeness (QED) is 0.562. The van der Waals surface area contributed by atoms with Gasteiger partial charge in [0.25, 0.3) is 5.91 Å².